The number of urea groups is 1. The maximum atomic E-state index is 12.0. The number of nitrogens with zero attached hydrogens (tertiary/aromatic N) is 1. The monoisotopic (exact) mass is 385 g/mol. The van der Waals surface area contributed by atoms with Crippen molar-refractivity contribution in [2.45, 2.75) is 57.8 Å². The molecule has 152 valence electrons. The van der Waals surface area contributed by atoms with E-state index in [2.05, 4.69) is 15.8 Å². The SMILES string of the molecule is O=C(O)CCCCCCC1C2CCC(C2)C1C=NNC(=O)Nc1ccccc1. The number of carboxylic acid groups (broad SMARTS) is 1. The van der Waals surface area contributed by atoms with Gasteiger partial charge in [0.25, 0.3) is 0 Å². The predicted molar refractivity (Wildman–Crippen MR) is 110 cm³/mol. The van der Waals surface area contributed by atoms with E-state index in [1.54, 1.807) is 0 Å². The van der Waals surface area contributed by atoms with Crippen molar-refractivity contribution in [1.29, 1.82) is 0 Å². The summed E-state index contributed by atoms with van der Waals surface area (Å²) in [6.45, 7) is 0. The number of unbranched alkanes of at least 4 members (excludes halogenated alkanes) is 3. The first-order valence-corrected chi connectivity index (χ1v) is 10.5. The number of rotatable bonds is 10. The average molecular weight is 386 g/mol. The fourth-order valence-corrected chi connectivity index (χ4v) is 4.99. The van der Waals surface area contributed by atoms with E-state index in [0.717, 1.165) is 37.3 Å². The Morgan fingerprint density at radius 3 is 2.61 bits per heavy atom. The smallest absolute Gasteiger partial charge is 0.339 e. The fourth-order valence-electron chi connectivity index (χ4n) is 4.99. The molecule has 6 nitrogen and oxygen atoms in total. The molecule has 2 bridgehead atoms. The molecule has 3 N–H and O–H groups in total. The number of nitrogens with one attached hydrogen (secondary N) is 2. The highest BCUT2D eigenvalue weighted by atomic mass is 16.4. The minimum atomic E-state index is -0.701. The van der Waals surface area contributed by atoms with Gasteiger partial charge in [0.15, 0.2) is 0 Å². The topological polar surface area (TPSA) is 90.8 Å². The normalized spacial score (nSPS) is 25.9. The van der Waals surface area contributed by atoms with E-state index in [9.17, 15) is 9.59 Å². The molecule has 2 aliphatic carbocycles. The van der Waals surface area contributed by atoms with Crippen molar-refractivity contribution < 1.29 is 14.7 Å². The van der Waals surface area contributed by atoms with Crippen LogP contribution in [0.15, 0.2) is 35.4 Å². The van der Waals surface area contributed by atoms with Crippen LogP contribution >= 0.6 is 0 Å². The number of fused-ring (bicyclic) bond motifs is 2. The van der Waals surface area contributed by atoms with Crippen LogP contribution in [0.5, 0.6) is 0 Å². The number of aliphatic carboxylic acids is 1. The average Bonchev–Trinajstić information content (AvgIpc) is 3.27. The summed E-state index contributed by atoms with van der Waals surface area (Å²) < 4.78 is 0. The van der Waals surface area contributed by atoms with Crippen molar-refractivity contribution in [3.05, 3.63) is 30.3 Å². The Hall–Kier alpha value is -2.37. The second-order valence-corrected chi connectivity index (χ2v) is 8.13. The first kappa shape index (κ1) is 20.4. The molecule has 0 heterocycles. The summed E-state index contributed by atoms with van der Waals surface area (Å²) in [5.41, 5.74) is 3.34. The van der Waals surface area contributed by atoms with Crippen LogP contribution < -0.4 is 10.7 Å². The van der Waals surface area contributed by atoms with E-state index in [1.165, 1.54) is 25.7 Å². The standard InChI is InChI=1S/C22H31N3O3/c26-21(27)11-7-2-1-6-10-19-16-12-13-17(14-16)20(19)15-23-25-22(28)24-18-8-4-3-5-9-18/h3-5,8-9,15-17,19-20H,1-2,6-7,10-14H2,(H,26,27)(H2,24,25,28). The zero-order chi connectivity index (χ0) is 19.8. The number of para-hydroxylation sites is 1. The van der Waals surface area contributed by atoms with Crippen LogP contribution in [-0.4, -0.2) is 23.3 Å². The molecule has 2 amide bonds. The van der Waals surface area contributed by atoms with Gasteiger partial charge in [0.2, 0.25) is 0 Å². The van der Waals surface area contributed by atoms with Gasteiger partial charge >= 0.3 is 12.0 Å². The Bertz CT molecular complexity index is 677. The van der Waals surface area contributed by atoms with Crippen LogP contribution in [0, 0.1) is 23.7 Å². The number of carbonyl (C=O) groups excluding carboxylic acids is 1. The Morgan fingerprint density at radius 2 is 1.82 bits per heavy atom. The zero-order valence-electron chi connectivity index (χ0n) is 16.3. The summed E-state index contributed by atoms with van der Waals surface area (Å²) in [6.07, 6.45) is 11.3. The van der Waals surface area contributed by atoms with Crippen LogP contribution in [0.1, 0.15) is 57.8 Å². The largest absolute Gasteiger partial charge is 0.481 e. The van der Waals surface area contributed by atoms with Gasteiger partial charge in [-0.25, -0.2) is 10.2 Å². The van der Waals surface area contributed by atoms with Crippen molar-refractivity contribution in [3.63, 3.8) is 0 Å². The van der Waals surface area contributed by atoms with Gasteiger partial charge in [-0.3, -0.25) is 4.79 Å². The lowest BCUT2D eigenvalue weighted by Gasteiger charge is -2.28. The van der Waals surface area contributed by atoms with E-state index < -0.39 is 5.97 Å². The number of hydrazone groups is 1. The first-order valence-electron chi connectivity index (χ1n) is 10.5. The van der Waals surface area contributed by atoms with E-state index in [1.807, 2.05) is 36.5 Å². The van der Waals surface area contributed by atoms with Crippen molar-refractivity contribution in [2.75, 3.05) is 5.32 Å². The summed E-state index contributed by atoms with van der Waals surface area (Å²) in [5, 5.41) is 15.7. The third-order valence-corrected chi connectivity index (χ3v) is 6.28. The van der Waals surface area contributed by atoms with Gasteiger partial charge in [0.05, 0.1) is 0 Å². The van der Waals surface area contributed by atoms with Gasteiger partial charge in [-0.15, -0.1) is 0 Å². The Morgan fingerprint density at radius 1 is 1.07 bits per heavy atom. The zero-order valence-corrected chi connectivity index (χ0v) is 16.3. The Labute approximate surface area is 166 Å². The molecule has 0 saturated heterocycles. The summed E-state index contributed by atoms with van der Waals surface area (Å²) in [5.74, 6) is 1.90. The van der Waals surface area contributed by atoms with Gasteiger partial charge in [-0.05, 0) is 62.0 Å². The van der Waals surface area contributed by atoms with Gasteiger partial charge in [0, 0.05) is 24.2 Å². The lowest BCUT2D eigenvalue weighted by molar-refractivity contribution is -0.137. The van der Waals surface area contributed by atoms with Crippen LogP contribution in [-0.2, 0) is 4.79 Å². The second-order valence-electron chi connectivity index (χ2n) is 8.13. The molecule has 0 aliphatic heterocycles. The summed E-state index contributed by atoms with van der Waals surface area (Å²) in [7, 11) is 0. The van der Waals surface area contributed by atoms with Crippen molar-refractivity contribution >= 4 is 23.9 Å². The molecule has 2 saturated carbocycles. The molecule has 0 aromatic heterocycles. The van der Waals surface area contributed by atoms with Crippen LogP contribution in [0.2, 0.25) is 0 Å². The lowest BCUT2D eigenvalue weighted by atomic mass is 9.77. The lowest BCUT2D eigenvalue weighted by Crippen LogP contribution is -2.27. The number of anilines is 1. The predicted octanol–water partition coefficient (Wildman–Crippen LogP) is 4.88. The Balaban J connectivity index is 1.41. The molecular formula is C22H31N3O3. The number of carbonyl (C=O) groups is 2. The molecule has 28 heavy (non-hydrogen) atoms. The molecule has 1 aromatic rings. The minimum Gasteiger partial charge on any atom is -0.481 e. The van der Waals surface area contributed by atoms with E-state index in [4.69, 9.17) is 5.11 Å². The van der Waals surface area contributed by atoms with Crippen LogP contribution in [0.4, 0.5) is 10.5 Å². The molecule has 1 aromatic carbocycles. The summed E-state index contributed by atoms with van der Waals surface area (Å²) in [6, 6.07) is 9.02. The van der Waals surface area contributed by atoms with Crippen molar-refractivity contribution in [3.8, 4) is 0 Å². The maximum absolute atomic E-state index is 12.0. The van der Waals surface area contributed by atoms with E-state index in [0.29, 0.717) is 17.8 Å². The summed E-state index contributed by atoms with van der Waals surface area (Å²) >= 11 is 0. The molecular weight excluding hydrogens is 354 g/mol. The van der Waals surface area contributed by atoms with Crippen LogP contribution in [0.3, 0.4) is 0 Å². The number of hydrogen-bond acceptors (Lipinski definition) is 3. The maximum Gasteiger partial charge on any atom is 0.339 e. The highest BCUT2D eigenvalue weighted by Gasteiger charge is 2.46. The molecule has 4 atom stereocenters. The molecule has 4 unspecified atom stereocenters. The molecule has 2 aliphatic rings. The van der Waals surface area contributed by atoms with Crippen molar-refractivity contribution in [1.82, 2.24) is 5.43 Å². The molecule has 2 fully saturated rings. The third-order valence-electron chi connectivity index (χ3n) is 6.28. The Kier molecular flexibility index (Phi) is 7.46. The highest BCUT2D eigenvalue weighted by Crippen LogP contribution is 2.53. The van der Waals surface area contributed by atoms with E-state index >= 15 is 0 Å². The van der Waals surface area contributed by atoms with Gasteiger partial charge in [0.1, 0.15) is 0 Å². The number of hydrogen-bond donors (Lipinski definition) is 3. The van der Waals surface area contributed by atoms with Gasteiger partial charge in [-0.2, -0.15) is 5.10 Å². The van der Waals surface area contributed by atoms with Gasteiger partial charge in [-0.1, -0.05) is 37.5 Å². The van der Waals surface area contributed by atoms with Gasteiger partial charge < -0.3 is 10.4 Å². The van der Waals surface area contributed by atoms with E-state index in [-0.39, 0.29) is 12.5 Å². The second kappa shape index (κ2) is 10.2. The summed E-state index contributed by atoms with van der Waals surface area (Å²) in [4.78, 5) is 22.5. The molecule has 0 spiro atoms. The molecule has 0 radical (unpaired) electrons. The quantitative estimate of drug-likeness (QED) is 0.304. The van der Waals surface area contributed by atoms with Crippen molar-refractivity contribution in [2.24, 2.45) is 28.8 Å². The molecule has 3 rings (SSSR count). The first-order chi connectivity index (χ1) is 13.6. The minimum absolute atomic E-state index is 0.278. The molecule has 6 heteroatoms. The third kappa shape index (κ3) is 5.81. The number of benzene rings is 1. The number of amides is 2. The number of carboxylic acids is 1. The fraction of sp³-hybridized carbons (Fsp3) is 0.591. The highest BCUT2D eigenvalue weighted by molar-refractivity contribution is 5.89. The van der Waals surface area contributed by atoms with Crippen LogP contribution in [0.25, 0.3) is 0 Å².